The molecule has 1 saturated heterocycles. The van der Waals surface area contributed by atoms with Gasteiger partial charge >= 0.3 is 0 Å². The molecule has 8 heteroatoms. The van der Waals surface area contributed by atoms with Crippen LogP contribution >= 0.6 is 24.0 Å². The molecule has 1 aromatic rings. The number of halogens is 1. The zero-order valence-corrected chi connectivity index (χ0v) is 19.2. The zero-order valence-electron chi connectivity index (χ0n) is 16.1. The number of nitrogens with one attached hydrogen (secondary N) is 1. The number of guanidine groups is 1. The Bertz CT molecular complexity index is 783. The first-order valence-corrected chi connectivity index (χ1v) is 10.3. The summed E-state index contributed by atoms with van der Waals surface area (Å²) in [5, 5.41) is 3.32. The predicted octanol–water partition coefficient (Wildman–Crippen LogP) is 1.94. The molecule has 1 N–H and O–H groups in total. The van der Waals surface area contributed by atoms with Crippen molar-refractivity contribution in [1.82, 2.24) is 10.2 Å². The number of ether oxygens (including phenoxy) is 1. The topological polar surface area (TPSA) is 71.0 Å². The predicted molar refractivity (Wildman–Crippen MR) is 121 cm³/mol. The quantitative estimate of drug-likeness (QED) is 0.287. The second-order valence-electron chi connectivity index (χ2n) is 6.86. The summed E-state index contributed by atoms with van der Waals surface area (Å²) >= 11 is 0. The van der Waals surface area contributed by atoms with Crippen LogP contribution in [-0.4, -0.2) is 63.1 Å². The van der Waals surface area contributed by atoms with E-state index in [9.17, 15) is 8.42 Å². The second-order valence-corrected chi connectivity index (χ2v) is 9.60. The summed E-state index contributed by atoms with van der Waals surface area (Å²) in [7, 11) is -1.34. The summed E-state index contributed by atoms with van der Waals surface area (Å²) in [6.07, 6.45) is 6.00. The Kier molecular flexibility index (Phi) is 8.88. The third-order valence-corrected chi connectivity index (χ3v) is 7.03. The third-order valence-electron chi connectivity index (χ3n) is 4.50. The fourth-order valence-corrected chi connectivity index (χ4v) is 4.22. The first kappa shape index (κ1) is 23.6. The first-order valence-electron chi connectivity index (χ1n) is 8.62. The van der Waals surface area contributed by atoms with E-state index in [0.717, 1.165) is 18.1 Å². The molecule has 0 aromatic heterocycles. The summed E-state index contributed by atoms with van der Waals surface area (Å²) < 4.78 is 28.9. The van der Waals surface area contributed by atoms with Gasteiger partial charge < -0.3 is 15.0 Å². The Morgan fingerprint density at radius 3 is 2.59 bits per heavy atom. The van der Waals surface area contributed by atoms with Crippen LogP contribution in [0.2, 0.25) is 0 Å². The summed E-state index contributed by atoms with van der Waals surface area (Å²) in [5.41, 5.74) is 1.17. The molecule has 1 aliphatic heterocycles. The van der Waals surface area contributed by atoms with Crippen LogP contribution in [0.3, 0.4) is 0 Å². The van der Waals surface area contributed by atoms with Crippen molar-refractivity contribution in [1.29, 1.82) is 0 Å². The van der Waals surface area contributed by atoms with Gasteiger partial charge in [-0.2, -0.15) is 0 Å². The minimum absolute atomic E-state index is 0. The molecule has 0 bridgehead atoms. The zero-order chi connectivity index (χ0) is 19.2. The molecule has 1 fully saturated rings. The van der Waals surface area contributed by atoms with Gasteiger partial charge in [-0.3, -0.25) is 4.99 Å². The molecule has 1 aromatic carbocycles. The van der Waals surface area contributed by atoms with E-state index in [1.54, 1.807) is 20.9 Å². The molecule has 0 saturated carbocycles. The molecule has 0 atom stereocenters. The number of rotatable bonds is 5. The van der Waals surface area contributed by atoms with Crippen LogP contribution in [-0.2, 0) is 16.3 Å². The molecule has 2 rings (SSSR count). The normalized spacial score (nSPS) is 18.1. The van der Waals surface area contributed by atoms with E-state index in [1.807, 2.05) is 29.2 Å². The fourth-order valence-electron chi connectivity index (χ4n) is 2.85. The third kappa shape index (κ3) is 6.28. The molecular weight excluding hydrogens is 477 g/mol. The Labute approximate surface area is 179 Å². The maximum atomic E-state index is 12.1. The van der Waals surface area contributed by atoms with E-state index >= 15 is 0 Å². The number of nitrogens with zero attached hydrogens (tertiary/aromatic N) is 2. The number of aliphatic imine (C=N–C) groups is 1. The monoisotopic (exact) mass is 505 g/mol. The van der Waals surface area contributed by atoms with Gasteiger partial charge in [0, 0.05) is 26.7 Å². The molecule has 1 heterocycles. The number of terminal acetylenes is 1. The number of hydrogen-bond acceptors (Lipinski definition) is 4. The molecule has 1 aliphatic rings. The SMILES string of the molecule is C#CCOc1ccc(CCNC(=NC)N2CCS(=O)(=O)C(C)(C)C2)cc1.I. The van der Waals surface area contributed by atoms with Gasteiger partial charge in [-0.05, 0) is 38.0 Å². The lowest BCUT2D eigenvalue weighted by Crippen LogP contribution is -2.57. The Balaban J connectivity index is 0.00000364. The molecule has 150 valence electrons. The van der Waals surface area contributed by atoms with E-state index < -0.39 is 14.6 Å². The Morgan fingerprint density at radius 2 is 2.04 bits per heavy atom. The van der Waals surface area contributed by atoms with E-state index in [1.165, 1.54) is 5.56 Å². The van der Waals surface area contributed by atoms with Crippen LogP contribution < -0.4 is 10.1 Å². The van der Waals surface area contributed by atoms with Gasteiger partial charge in [-0.1, -0.05) is 18.1 Å². The summed E-state index contributed by atoms with van der Waals surface area (Å²) in [4.78, 5) is 6.31. The van der Waals surface area contributed by atoms with Gasteiger partial charge in [0.25, 0.3) is 0 Å². The molecule has 0 amide bonds. The maximum absolute atomic E-state index is 12.1. The highest BCUT2D eigenvalue weighted by Gasteiger charge is 2.40. The lowest BCUT2D eigenvalue weighted by atomic mass is 10.1. The standard InChI is InChI=1S/C19H27N3O3S.HI/c1-5-13-25-17-8-6-16(7-9-17)10-11-21-18(20-4)22-12-14-26(23,24)19(2,3)15-22;/h1,6-9H,10-15H2,2-4H3,(H,20,21);1H. The molecule has 0 aliphatic carbocycles. The lowest BCUT2D eigenvalue weighted by Gasteiger charge is -2.39. The van der Waals surface area contributed by atoms with Gasteiger partial charge in [0.15, 0.2) is 15.8 Å². The van der Waals surface area contributed by atoms with E-state index in [4.69, 9.17) is 11.2 Å². The van der Waals surface area contributed by atoms with Gasteiger partial charge in [0.05, 0.1) is 10.5 Å². The molecule has 6 nitrogen and oxygen atoms in total. The number of hydrogen-bond donors (Lipinski definition) is 1. The van der Waals surface area contributed by atoms with Crippen molar-refractivity contribution in [3.05, 3.63) is 29.8 Å². The molecule has 0 radical (unpaired) electrons. The van der Waals surface area contributed by atoms with Gasteiger partial charge in [0.2, 0.25) is 0 Å². The highest BCUT2D eigenvalue weighted by molar-refractivity contribution is 14.0. The Morgan fingerprint density at radius 1 is 1.37 bits per heavy atom. The smallest absolute Gasteiger partial charge is 0.193 e. The van der Waals surface area contributed by atoms with E-state index in [0.29, 0.717) is 19.6 Å². The van der Waals surface area contributed by atoms with Crippen molar-refractivity contribution in [2.24, 2.45) is 4.99 Å². The van der Waals surface area contributed by atoms with Crippen LogP contribution in [0.25, 0.3) is 0 Å². The second kappa shape index (κ2) is 10.2. The van der Waals surface area contributed by atoms with Crippen molar-refractivity contribution in [2.75, 3.05) is 39.0 Å². The van der Waals surface area contributed by atoms with Crippen LogP contribution in [0.5, 0.6) is 5.75 Å². The van der Waals surface area contributed by atoms with Crippen LogP contribution in [0, 0.1) is 12.3 Å². The highest BCUT2D eigenvalue weighted by atomic mass is 127. The van der Waals surface area contributed by atoms with Crippen molar-refractivity contribution >= 4 is 39.8 Å². The maximum Gasteiger partial charge on any atom is 0.193 e. The van der Waals surface area contributed by atoms with Gasteiger partial charge in [-0.15, -0.1) is 30.4 Å². The van der Waals surface area contributed by atoms with Crippen molar-refractivity contribution in [3.8, 4) is 18.1 Å². The van der Waals surface area contributed by atoms with Crippen LogP contribution in [0.4, 0.5) is 0 Å². The summed E-state index contributed by atoms with van der Waals surface area (Å²) in [5.74, 6) is 4.09. The fraction of sp³-hybridized carbons (Fsp3) is 0.526. The van der Waals surface area contributed by atoms with Crippen molar-refractivity contribution in [3.63, 3.8) is 0 Å². The van der Waals surface area contributed by atoms with E-state index in [2.05, 4.69) is 16.2 Å². The lowest BCUT2D eigenvalue weighted by molar-refractivity contribution is 0.353. The van der Waals surface area contributed by atoms with E-state index in [-0.39, 0.29) is 36.3 Å². The average molecular weight is 505 g/mol. The first-order chi connectivity index (χ1) is 12.3. The molecular formula is C19H28IN3O3S. The van der Waals surface area contributed by atoms with Crippen molar-refractivity contribution in [2.45, 2.75) is 25.0 Å². The molecule has 0 unspecified atom stereocenters. The molecule has 0 spiro atoms. The largest absolute Gasteiger partial charge is 0.481 e. The molecule has 27 heavy (non-hydrogen) atoms. The highest BCUT2D eigenvalue weighted by Crippen LogP contribution is 2.23. The average Bonchev–Trinajstić information content (AvgIpc) is 2.60. The van der Waals surface area contributed by atoms with Crippen LogP contribution in [0.15, 0.2) is 29.3 Å². The Hall–Kier alpha value is -1.47. The van der Waals surface area contributed by atoms with Crippen LogP contribution in [0.1, 0.15) is 19.4 Å². The number of sulfone groups is 1. The van der Waals surface area contributed by atoms with Gasteiger partial charge in [0.1, 0.15) is 12.4 Å². The van der Waals surface area contributed by atoms with Gasteiger partial charge in [-0.25, -0.2) is 8.42 Å². The minimum Gasteiger partial charge on any atom is -0.481 e. The minimum atomic E-state index is -3.06. The summed E-state index contributed by atoms with van der Waals surface area (Å²) in [6.45, 7) is 5.42. The number of benzene rings is 1. The summed E-state index contributed by atoms with van der Waals surface area (Å²) in [6, 6.07) is 7.82. The van der Waals surface area contributed by atoms with Crippen molar-refractivity contribution < 1.29 is 13.2 Å².